The van der Waals surface area contributed by atoms with Gasteiger partial charge in [0.15, 0.2) is 0 Å². The number of benzene rings is 1. The first-order valence-corrected chi connectivity index (χ1v) is 7.45. The van der Waals surface area contributed by atoms with Crippen LogP contribution >= 0.6 is 11.8 Å². The fraction of sp³-hybridized carbons (Fsp3) is 0.500. The summed E-state index contributed by atoms with van der Waals surface area (Å²) in [5, 5.41) is 0. The van der Waals surface area contributed by atoms with E-state index in [1.54, 1.807) is 24.8 Å². The molecular formula is C14H20FNO2S. The van der Waals surface area contributed by atoms with Gasteiger partial charge in [-0.1, -0.05) is 6.07 Å². The molecule has 0 spiro atoms. The molecule has 1 atom stereocenters. The van der Waals surface area contributed by atoms with Gasteiger partial charge in [0.05, 0.1) is 6.61 Å². The van der Waals surface area contributed by atoms with Gasteiger partial charge < -0.3 is 10.5 Å². The number of aryl methyl sites for hydroxylation is 1. The zero-order valence-electron chi connectivity index (χ0n) is 11.3. The highest BCUT2D eigenvalue weighted by Gasteiger charge is 2.13. The molecular weight excluding hydrogens is 265 g/mol. The molecule has 2 N–H and O–H groups in total. The minimum Gasteiger partial charge on any atom is -0.465 e. The zero-order valence-corrected chi connectivity index (χ0v) is 12.1. The number of hydrogen-bond acceptors (Lipinski definition) is 4. The second kappa shape index (κ2) is 8.17. The largest absolute Gasteiger partial charge is 0.465 e. The van der Waals surface area contributed by atoms with E-state index in [0.29, 0.717) is 13.0 Å². The summed E-state index contributed by atoms with van der Waals surface area (Å²) in [4.78, 5) is 11.3. The second-order valence-electron chi connectivity index (χ2n) is 4.27. The van der Waals surface area contributed by atoms with Crippen molar-refractivity contribution in [2.24, 2.45) is 5.73 Å². The highest BCUT2D eigenvalue weighted by atomic mass is 32.2. The lowest BCUT2D eigenvalue weighted by molar-refractivity contribution is -0.144. The second-order valence-corrected chi connectivity index (χ2v) is 5.38. The van der Waals surface area contributed by atoms with E-state index in [4.69, 9.17) is 10.5 Å². The van der Waals surface area contributed by atoms with E-state index >= 15 is 0 Å². The van der Waals surface area contributed by atoms with E-state index in [-0.39, 0.29) is 11.8 Å². The highest BCUT2D eigenvalue weighted by Crippen LogP contribution is 2.18. The van der Waals surface area contributed by atoms with Crippen molar-refractivity contribution in [2.75, 3.05) is 12.4 Å². The molecule has 106 valence electrons. The number of carbonyl (C=O) groups excluding carboxylic acids is 1. The molecule has 0 amide bonds. The van der Waals surface area contributed by atoms with E-state index < -0.39 is 6.04 Å². The molecule has 0 aliphatic carbocycles. The van der Waals surface area contributed by atoms with Gasteiger partial charge in [0.2, 0.25) is 0 Å². The molecule has 1 rings (SSSR count). The van der Waals surface area contributed by atoms with Crippen LogP contribution in [-0.2, 0) is 15.3 Å². The minimum atomic E-state index is -0.554. The van der Waals surface area contributed by atoms with Crippen molar-refractivity contribution < 1.29 is 13.9 Å². The SMILES string of the molecule is CCOC(=O)C(N)CCSCc1ccc(F)cc1C. The molecule has 0 aromatic heterocycles. The predicted molar refractivity (Wildman–Crippen MR) is 76.5 cm³/mol. The van der Waals surface area contributed by atoms with Crippen LogP contribution in [-0.4, -0.2) is 24.4 Å². The Hall–Kier alpha value is -1.07. The quantitative estimate of drug-likeness (QED) is 0.618. The van der Waals surface area contributed by atoms with Crippen LogP contribution < -0.4 is 5.73 Å². The van der Waals surface area contributed by atoms with Gasteiger partial charge in [-0.25, -0.2) is 4.39 Å². The Balaban J connectivity index is 2.29. The summed E-state index contributed by atoms with van der Waals surface area (Å²) in [6.07, 6.45) is 0.587. The Bertz CT molecular complexity index is 426. The van der Waals surface area contributed by atoms with Gasteiger partial charge in [-0.05, 0) is 49.3 Å². The van der Waals surface area contributed by atoms with Crippen molar-refractivity contribution in [3.05, 3.63) is 35.1 Å². The van der Waals surface area contributed by atoms with Crippen LogP contribution in [0.5, 0.6) is 0 Å². The summed E-state index contributed by atoms with van der Waals surface area (Å²) < 4.78 is 17.8. The fourth-order valence-corrected chi connectivity index (χ4v) is 2.69. The van der Waals surface area contributed by atoms with Gasteiger partial charge in [-0.15, -0.1) is 0 Å². The third kappa shape index (κ3) is 5.61. The topological polar surface area (TPSA) is 52.3 Å². The van der Waals surface area contributed by atoms with E-state index in [0.717, 1.165) is 22.6 Å². The number of carbonyl (C=O) groups is 1. The number of halogens is 1. The maximum absolute atomic E-state index is 12.9. The molecule has 0 fully saturated rings. The Kier molecular flexibility index (Phi) is 6.87. The van der Waals surface area contributed by atoms with Crippen LogP contribution in [0.3, 0.4) is 0 Å². The third-order valence-electron chi connectivity index (χ3n) is 2.72. The monoisotopic (exact) mass is 285 g/mol. The lowest BCUT2D eigenvalue weighted by atomic mass is 10.1. The Morgan fingerprint density at radius 1 is 1.53 bits per heavy atom. The van der Waals surface area contributed by atoms with Gasteiger partial charge in [0.25, 0.3) is 0 Å². The van der Waals surface area contributed by atoms with Crippen LogP contribution in [0.2, 0.25) is 0 Å². The summed E-state index contributed by atoms with van der Waals surface area (Å²) in [5.74, 6) is 1.01. The number of ether oxygens (including phenoxy) is 1. The lowest BCUT2D eigenvalue weighted by Gasteiger charge is -2.10. The smallest absolute Gasteiger partial charge is 0.322 e. The first kappa shape index (κ1) is 16.0. The minimum absolute atomic E-state index is 0.212. The third-order valence-corrected chi connectivity index (χ3v) is 3.76. The normalized spacial score (nSPS) is 12.2. The summed E-state index contributed by atoms with van der Waals surface area (Å²) in [6, 6.07) is 4.23. The first-order valence-electron chi connectivity index (χ1n) is 6.29. The van der Waals surface area contributed by atoms with Gasteiger partial charge in [-0.3, -0.25) is 4.79 Å². The molecule has 0 saturated carbocycles. The van der Waals surface area contributed by atoms with E-state index in [1.165, 1.54) is 12.1 Å². The van der Waals surface area contributed by atoms with Crippen molar-refractivity contribution in [2.45, 2.75) is 32.1 Å². The van der Waals surface area contributed by atoms with Gasteiger partial charge in [0, 0.05) is 5.75 Å². The van der Waals surface area contributed by atoms with Gasteiger partial charge >= 0.3 is 5.97 Å². The Labute approximate surface area is 117 Å². The van der Waals surface area contributed by atoms with Crippen molar-refractivity contribution in [3.8, 4) is 0 Å². The van der Waals surface area contributed by atoms with E-state index in [1.807, 2.05) is 6.92 Å². The lowest BCUT2D eigenvalue weighted by Crippen LogP contribution is -2.32. The summed E-state index contributed by atoms with van der Waals surface area (Å²) >= 11 is 1.68. The first-order chi connectivity index (χ1) is 9.04. The summed E-state index contributed by atoms with van der Waals surface area (Å²) in [5.41, 5.74) is 7.75. The maximum atomic E-state index is 12.9. The van der Waals surface area contributed by atoms with Gasteiger partial charge in [-0.2, -0.15) is 11.8 Å². The average molecular weight is 285 g/mol. The van der Waals surface area contributed by atoms with Crippen LogP contribution in [0.4, 0.5) is 4.39 Å². The molecule has 0 aliphatic heterocycles. The molecule has 0 radical (unpaired) electrons. The average Bonchev–Trinajstić information content (AvgIpc) is 2.36. The molecule has 3 nitrogen and oxygen atoms in total. The van der Waals surface area contributed by atoms with Gasteiger partial charge in [0.1, 0.15) is 11.9 Å². The summed E-state index contributed by atoms with van der Waals surface area (Å²) in [7, 11) is 0. The zero-order chi connectivity index (χ0) is 14.3. The number of esters is 1. The standard InChI is InChI=1S/C14H20FNO2S/c1-3-18-14(17)13(16)6-7-19-9-11-4-5-12(15)8-10(11)2/h4-5,8,13H,3,6-7,9,16H2,1-2H3. The van der Waals surface area contributed by atoms with E-state index in [2.05, 4.69) is 0 Å². The predicted octanol–water partition coefficient (Wildman–Crippen LogP) is 2.65. The van der Waals surface area contributed by atoms with Crippen molar-refractivity contribution in [1.82, 2.24) is 0 Å². The van der Waals surface area contributed by atoms with Crippen LogP contribution in [0.15, 0.2) is 18.2 Å². The van der Waals surface area contributed by atoms with Crippen LogP contribution in [0.1, 0.15) is 24.5 Å². The molecule has 0 aliphatic rings. The Morgan fingerprint density at radius 2 is 2.26 bits per heavy atom. The molecule has 1 aromatic rings. The van der Waals surface area contributed by atoms with Crippen molar-refractivity contribution in [1.29, 1.82) is 0 Å². The van der Waals surface area contributed by atoms with Crippen molar-refractivity contribution in [3.63, 3.8) is 0 Å². The molecule has 0 bridgehead atoms. The maximum Gasteiger partial charge on any atom is 0.322 e. The van der Waals surface area contributed by atoms with Crippen LogP contribution in [0.25, 0.3) is 0 Å². The highest BCUT2D eigenvalue weighted by molar-refractivity contribution is 7.98. The van der Waals surface area contributed by atoms with Crippen molar-refractivity contribution >= 4 is 17.7 Å². The number of rotatable bonds is 7. The molecule has 0 saturated heterocycles. The molecule has 19 heavy (non-hydrogen) atoms. The fourth-order valence-electron chi connectivity index (χ4n) is 1.58. The number of nitrogens with two attached hydrogens (primary N) is 1. The van der Waals surface area contributed by atoms with E-state index in [9.17, 15) is 9.18 Å². The van der Waals surface area contributed by atoms with Crippen LogP contribution in [0, 0.1) is 12.7 Å². The molecule has 1 unspecified atom stereocenters. The number of thioether (sulfide) groups is 1. The molecule has 5 heteroatoms. The molecule has 1 aromatic carbocycles. The molecule has 0 heterocycles. The Morgan fingerprint density at radius 3 is 2.89 bits per heavy atom. The number of hydrogen-bond donors (Lipinski definition) is 1. The summed E-state index contributed by atoms with van der Waals surface area (Å²) in [6.45, 7) is 4.01.